The van der Waals surface area contributed by atoms with Crippen LogP contribution in [0.1, 0.15) is 19.8 Å². The number of nitrogens with zero attached hydrogens (tertiary/aromatic N) is 3. The maximum absolute atomic E-state index is 11.5. The number of hydrogen-bond donors (Lipinski definition) is 0. The Bertz CT molecular complexity index is 253. The molecule has 5 nitrogen and oxygen atoms in total. The van der Waals surface area contributed by atoms with E-state index in [1.807, 2.05) is 6.92 Å². The van der Waals surface area contributed by atoms with Crippen LogP contribution in [0.2, 0.25) is 0 Å². The van der Waals surface area contributed by atoms with Crippen molar-refractivity contribution < 1.29 is 9.53 Å². The highest BCUT2D eigenvalue weighted by molar-refractivity contribution is 5.67. The number of hydrogen-bond acceptors (Lipinski definition) is 4. The van der Waals surface area contributed by atoms with Crippen LogP contribution < -0.4 is 0 Å². The Labute approximate surface area is 111 Å². The molecule has 0 bridgehead atoms. The zero-order valence-corrected chi connectivity index (χ0v) is 12.2. The van der Waals surface area contributed by atoms with Gasteiger partial charge in [-0.2, -0.15) is 0 Å². The van der Waals surface area contributed by atoms with Crippen molar-refractivity contribution in [2.75, 3.05) is 53.9 Å². The van der Waals surface area contributed by atoms with Gasteiger partial charge in [-0.1, -0.05) is 0 Å². The van der Waals surface area contributed by atoms with Crippen LogP contribution in [0.3, 0.4) is 0 Å². The summed E-state index contributed by atoms with van der Waals surface area (Å²) in [5.41, 5.74) is 0. The van der Waals surface area contributed by atoms with Crippen molar-refractivity contribution in [2.24, 2.45) is 0 Å². The first-order chi connectivity index (χ1) is 8.54. The number of piperidine rings is 1. The monoisotopic (exact) mass is 257 g/mol. The van der Waals surface area contributed by atoms with Crippen LogP contribution in [-0.4, -0.2) is 80.8 Å². The molecule has 1 aliphatic rings. The van der Waals surface area contributed by atoms with Crippen LogP contribution in [0.5, 0.6) is 0 Å². The van der Waals surface area contributed by atoms with Crippen LogP contribution in [-0.2, 0) is 4.74 Å². The third-order valence-corrected chi connectivity index (χ3v) is 3.68. The van der Waals surface area contributed by atoms with E-state index in [2.05, 4.69) is 23.9 Å². The van der Waals surface area contributed by atoms with E-state index in [9.17, 15) is 4.79 Å². The van der Waals surface area contributed by atoms with Gasteiger partial charge in [-0.3, -0.25) is 0 Å². The number of likely N-dealkylation sites (tertiary alicyclic amines) is 1. The number of ether oxygens (including phenoxy) is 1. The van der Waals surface area contributed by atoms with Gasteiger partial charge in [0.1, 0.15) is 0 Å². The van der Waals surface area contributed by atoms with E-state index in [0.29, 0.717) is 12.6 Å². The molecular weight excluding hydrogens is 230 g/mol. The zero-order valence-electron chi connectivity index (χ0n) is 12.2. The van der Waals surface area contributed by atoms with Gasteiger partial charge in [0.25, 0.3) is 0 Å². The normalized spacial score (nSPS) is 18.1. The molecule has 1 saturated heterocycles. The van der Waals surface area contributed by atoms with Gasteiger partial charge in [-0.05, 0) is 47.0 Å². The van der Waals surface area contributed by atoms with Crippen molar-refractivity contribution in [1.82, 2.24) is 14.7 Å². The van der Waals surface area contributed by atoms with Gasteiger partial charge in [0.2, 0.25) is 0 Å². The summed E-state index contributed by atoms with van der Waals surface area (Å²) < 4.78 is 4.96. The second-order valence-corrected chi connectivity index (χ2v) is 5.14. The molecular formula is C13H27N3O2. The fourth-order valence-electron chi connectivity index (χ4n) is 2.25. The van der Waals surface area contributed by atoms with Crippen molar-refractivity contribution in [3.63, 3.8) is 0 Å². The number of rotatable bonds is 5. The molecule has 0 aliphatic carbocycles. The van der Waals surface area contributed by atoms with Crippen molar-refractivity contribution in [3.8, 4) is 0 Å². The molecule has 0 spiro atoms. The van der Waals surface area contributed by atoms with E-state index in [1.54, 1.807) is 11.9 Å². The Morgan fingerprint density at radius 1 is 1.28 bits per heavy atom. The standard InChI is InChI=1S/C13H27N3O2/c1-5-18-13(17)16(4)11-10-15(3)12-6-8-14(2)9-7-12/h12H,5-11H2,1-4H3. The Kier molecular flexibility index (Phi) is 6.43. The first kappa shape index (κ1) is 15.2. The molecule has 1 fully saturated rings. The minimum atomic E-state index is -0.228. The Morgan fingerprint density at radius 3 is 2.44 bits per heavy atom. The lowest BCUT2D eigenvalue weighted by Crippen LogP contribution is -2.44. The summed E-state index contributed by atoms with van der Waals surface area (Å²) in [5.74, 6) is 0. The van der Waals surface area contributed by atoms with Crippen molar-refractivity contribution in [1.29, 1.82) is 0 Å². The summed E-state index contributed by atoms with van der Waals surface area (Å²) in [6.07, 6.45) is 2.21. The summed E-state index contributed by atoms with van der Waals surface area (Å²) in [6.45, 7) is 6.24. The minimum absolute atomic E-state index is 0.228. The summed E-state index contributed by atoms with van der Waals surface area (Å²) in [6, 6.07) is 0.650. The maximum atomic E-state index is 11.5. The van der Waals surface area contributed by atoms with E-state index in [0.717, 1.165) is 13.1 Å². The third-order valence-electron chi connectivity index (χ3n) is 3.68. The molecule has 0 unspecified atom stereocenters. The van der Waals surface area contributed by atoms with Crippen LogP contribution >= 0.6 is 0 Å². The summed E-state index contributed by atoms with van der Waals surface area (Å²) >= 11 is 0. The highest BCUT2D eigenvalue weighted by atomic mass is 16.5. The first-order valence-corrected chi connectivity index (χ1v) is 6.81. The van der Waals surface area contributed by atoms with E-state index in [1.165, 1.54) is 25.9 Å². The van der Waals surface area contributed by atoms with Gasteiger partial charge in [0, 0.05) is 26.2 Å². The second kappa shape index (κ2) is 7.59. The van der Waals surface area contributed by atoms with Crippen LogP contribution in [0.25, 0.3) is 0 Å². The predicted molar refractivity (Wildman–Crippen MR) is 72.8 cm³/mol. The fraction of sp³-hybridized carbons (Fsp3) is 0.923. The summed E-state index contributed by atoms with van der Waals surface area (Å²) in [4.78, 5) is 17.8. The second-order valence-electron chi connectivity index (χ2n) is 5.14. The molecule has 0 aromatic heterocycles. The van der Waals surface area contributed by atoms with Crippen LogP contribution in [0, 0.1) is 0 Å². The van der Waals surface area contributed by atoms with E-state index < -0.39 is 0 Å². The van der Waals surface area contributed by atoms with Crippen molar-refractivity contribution >= 4 is 6.09 Å². The highest BCUT2D eigenvalue weighted by Crippen LogP contribution is 2.13. The number of amides is 1. The average Bonchev–Trinajstić information content (AvgIpc) is 2.36. The molecule has 1 aliphatic heterocycles. The molecule has 0 aromatic carbocycles. The predicted octanol–water partition coefficient (Wildman–Crippen LogP) is 1.10. The van der Waals surface area contributed by atoms with Crippen LogP contribution in [0.15, 0.2) is 0 Å². The molecule has 0 atom stereocenters. The quantitative estimate of drug-likeness (QED) is 0.739. The van der Waals surface area contributed by atoms with Gasteiger partial charge < -0.3 is 19.4 Å². The van der Waals surface area contributed by atoms with Gasteiger partial charge in [-0.15, -0.1) is 0 Å². The molecule has 1 amide bonds. The zero-order chi connectivity index (χ0) is 13.5. The van der Waals surface area contributed by atoms with Gasteiger partial charge in [0.05, 0.1) is 6.61 Å². The minimum Gasteiger partial charge on any atom is -0.450 e. The Balaban J connectivity index is 2.23. The van der Waals surface area contributed by atoms with Crippen molar-refractivity contribution in [2.45, 2.75) is 25.8 Å². The SMILES string of the molecule is CCOC(=O)N(C)CCN(C)C1CCN(C)CC1. The first-order valence-electron chi connectivity index (χ1n) is 6.81. The smallest absolute Gasteiger partial charge is 0.409 e. The van der Waals surface area contributed by atoms with Gasteiger partial charge in [-0.25, -0.2) is 4.79 Å². The lowest BCUT2D eigenvalue weighted by Gasteiger charge is -2.35. The van der Waals surface area contributed by atoms with Crippen molar-refractivity contribution in [3.05, 3.63) is 0 Å². The molecule has 1 heterocycles. The Morgan fingerprint density at radius 2 is 1.89 bits per heavy atom. The topological polar surface area (TPSA) is 36.0 Å². The number of carbonyl (C=O) groups is 1. The van der Waals surface area contributed by atoms with E-state index in [-0.39, 0.29) is 6.09 Å². The average molecular weight is 257 g/mol. The molecule has 0 radical (unpaired) electrons. The number of likely N-dealkylation sites (N-methyl/N-ethyl adjacent to an activating group) is 2. The molecule has 106 valence electrons. The molecule has 0 N–H and O–H groups in total. The molecule has 18 heavy (non-hydrogen) atoms. The molecule has 1 rings (SSSR count). The highest BCUT2D eigenvalue weighted by Gasteiger charge is 2.21. The lowest BCUT2D eigenvalue weighted by molar-refractivity contribution is 0.102. The van der Waals surface area contributed by atoms with E-state index in [4.69, 9.17) is 4.74 Å². The largest absolute Gasteiger partial charge is 0.450 e. The van der Waals surface area contributed by atoms with Gasteiger partial charge in [0.15, 0.2) is 0 Å². The van der Waals surface area contributed by atoms with Crippen LogP contribution in [0.4, 0.5) is 4.79 Å². The lowest BCUT2D eigenvalue weighted by atomic mass is 10.0. The van der Waals surface area contributed by atoms with Gasteiger partial charge >= 0.3 is 6.09 Å². The number of carbonyl (C=O) groups excluding carboxylic acids is 1. The molecule has 0 saturated carbocycles. The third kappa shape index (κ3) is 4.82. The molecule has 0 aromatic rings. The summed E-state index contributed by atoms with van der Waals surface area (Å²) in [7, 11) is 6.11. The maximum Gasteiger partial charge on any atom is 0.409 e. The Hall–Kier alpha value is -0.810. The van der Waals surface area contributed by atoms with E-state index >= 15 is 0 Å². The fourth-order valence-corrected chi connectivity index (χ4v) is 2.25. The molecule has 5 heteroatoms. The summed E-state index contributed by atoms with van der Waals surface area (Å²) in [5, 5.41) is 0.